The van der Waals surface area contributed by atoms with Crippen LogP contribution in [0.1, 0.15) is 39.0 Å². The molecule has 0 heterocycles. The zero-order chi connectivity index (χ0) is 11.1. The van der Waals surface area contributed by atoms with Crippen molar-refractivity contribution in [2.45, 2.75) is 45.1 Å². The SMILES string of the molecule is C=CCN(CCC)CC1CCCCC1N. The molecule has 1 saturated carbocycles. The molecule has 0 bridgehead atoms. The minimum Gasteiger partial charge on any atom is -0.327 e. The van der Waals surface area contributed by atoms with E-state index < -0.39 is 0 Å². The number of rotatable bonds is 6. The summed E-state index contributed by atoms with van der Waals surface area (Å²) >= 11 is 0. The van der Waals surface area contributed by atoms with Gasteiger partial charge in [-0.15, -0.1) is 6.58 Å². The van der Waals surface area contributed by atoms with Crippen LogP contribution < -0.4 is 5.73 Å². The largest absolute Gasteiger partial charge is 0.327 e. The molecule has 2 heteroatoms. The molecule has 0 aromatic rings. The zero-order valence-electron chi connectivity index (χ0n) is 10.1. The molecule has 2 unspecified atom stereocenters. The summed E-state index contributed by atoms with van der Waals surface area (Å²) in [5.74, 6) is 0.713. The van der Waals surface area contributed by atoms with E-state index in [1.807, 2.05) is 6.08 Å². The molecule has 1 rings (SSSR count). The Kier molecular flexibility index (Phi) is 5.96. The topological polar surface area (TPSA) is 29.3 Å². The van der Waals surface area contributed by atoms with E-state index in [2.05, 4.69) is 18.4 Å². The molecule has 1 aliphatic rings. The standard InChI is InChI=1S/C13H26N2/c1-3-9-15(10-4-2)11-12-7-5-6-8-13(12)14/h3,12-13H,1,4-11,14H2,2H3. The van der Waals surface area contributed by atoms with Gasteiger partial charge in [0.1, 0.15) is 0 Å². The number of hydrogen-bond donors (Lipinski definition) is 1. The molecule has 88 valence electrons. The van der Waals surface area contributed by atoms with Gasteiger partial charge in [-0.2, -0.15) is 0 Å². The summed E-state index contributed by atoms with van der Waals surface area (Å²) in [5.41, 5.74) is 6.17. The molecule has 1 aliphatic carbocycles. The van der Waals surface area contributed by atoms with Crippen LogP contribution in [0.2, 0.25) is 0 Å². The van der Waals surface area contributed by atoms with Gasteiger partial charge in [0.15, 0.2) is 0 Å². The van der Waals surface area contributed by atoms with Crippen molar-refractivity contribution in [3.63, 3.8) is 0 Å². The molecule has 0 aliphatic heterocycles. The molecule has 0 aromatic carbocycles. The van der Waals surface area contributed by atoms with Crippen molar-refractivity contribution in [1.82, 2.24) is 4.90 Å². The Hall–Kier alpha value is -0.340. The molecule has 1 fully saturated rings. The maximum Gasteiger partial charge on any atom is 0.0160 e. The average Bonchev–Trinajstić information content (AvgIpc) is 2.22. The third-order valence-electron chi connectivity index (χ3n) is 3.39. The zero-order valence-corrected chi connectivity index (χ0v) is 10.1. The molecule has 0 amide bonds. The molecule has 0 radical (unpaired) electrons. The summed E-state index contributed by atoms with van der Waals surface area (Å²) in [6, 6.07) is 0.433. The van der Waals surface area contributed by atoms with Crippen LogP contribution in [0.3, 0.4) is 0 Å². The predicted octanol–water partition coefficient (Wildman–Crippen LogP) is 2.40. The van der Waals surface area contributed by atoms with Gasteiger partial charge in [0.25, 0.3) is 0 Å². The summed E-state index contributed by atoms with van der Waals surface area (Å²) < 4.78 is 0. The first-order valence-electron chi connectivity index (χ1n) is 6.36. The van der Waals surface area contributed by atoms with E-state index >= 15 is 0 Å². The summed E-state index contributed by atoms with van der Waals surface area (Å²) in [4.78, 5) is 2.49. The van der Waals surface area contributed by atoms with Gasteiger partial charge in [0, 0.05) is 19.1 Å². The van der Waals surface area contributed by atoms with E-state index in [0.717, 1.165) is 6.54 Å². The van der Waals surface area contributed by atoms with Crippen molar-refractivity contribution in [3.8, 4) is 0 Å². The lowest BCUT2D eigenvalue weighted by molar-refractivity contribution is 0.197. The summed E-state index contributed by atoms with van der Waals surface area (Å²) in [6.07, 6.45) is 8.45. The Morgan fingerprint density at radius 1 is 1.40 bits per heavy atom. The number of nitrogens with zero attached hydrogens (tertiary/aromatic N) is 1. The van der Waals surface area contributed by atoms with Gasteiger partial charge in [-0.1, -0.05) is 25.8 Å². The van der Waals surface area contributed by atoms with Gasteiger partial charge in [-0.05, 0) is 31.7 Å². The molecule has 2 atom stereocenters. The van der Waals surface area contributed by atoms with Crippen molar-refractivity contribution >= 4 is 0 Å². The number of hydrogen-bond acceptors (Lipinski definition) is 2. The van der Waals surface area contributed by atoms with E-state index in [1.165, 1.54) is 45.2 Å². The second-order valence-electron chi connectivity index (χ2n) is 4.76. The molecule has 0 spiro atoms. The maximum atomic E-state index is 6.17. The van der Waals surface area contributed by atoms with Crippen LogP contribution in [-0.2, 0) is 0 Å². The number of nitrogens with two attached hydrogens (primary N) is 1. The third-order valence-corrected chi connectivity index (χ3v) is 3.39. The van der Waals surface area contributed by atoms with E-state index in [9.17, 15) is 0 Å². The normalized spacial score (nSPS) is 26.9. The van der Waals surface area contributed by atoms with Crippen LogP contribution >= 0.6 is 0 Å². The monoisotopic (exact) mass is 210 g/mol. The first-order valence-corrected chi connectivity index (χ1v) is 6.36. The third kappa shape index (κ3) is 4.35. The molecular formula is C13H26N2. The van der Waals surface area contributed by atoms with Gasteiger partial charge in [-0.3, -0.25) is 4.90 Å². The summed E-state index contributed by atoms with van der Waals surface area (Å²) in [7, 11) is 0. The molecule has 2 N–H and O–H groups in total. The van der Waals surface area contributed by atoms with Crippen LogP contribution in [0.5, 0.6) is 0 Å². The smallest absolute Gasteiger partial charge is 0.0160 e. The fourth-order valence-electron chi connectivity index (χ4n) is 2.55. The first kappa shape index (κ1) is 12.7. The minimum absolute atomic E-state index is 0.433. The lowest BCUT2D eigenvalue weighted by atomic mass is 9.84. The van der Waals surface area contributed by atoms with Gasteiger partial charge in [-0.25, -0.2) is 0 Å². The van der Waals surface area contributed by atoms with Gasteiger partial charge < -0.3 is 5.73 Å². The Labute approximate surface area is 94.5 Å². The Bertz CT molecular complexity index is 179. The van der Waals surface area contributed by atoms with Crippen molar-refractivity contribution in [1.29, 1.82) is 0 Å². The van der Waals surface area contributed by atoms with E-state index in [4.69, 9.17) is 5.73 Å². The molecule has 15 heavy (non-hydrogen) atoms. The van der Waals surface area contributed by atoms with Crippen LogP contribution in [0.15, 0.2) is 12.7 Å². The van der Waals surface area contributed by atoms with Crippen LogP contribution in [0.4, 0.5) is 0 Å². The predicted molar refractivity (Wildman–Crippen MR) is 66.9 cm³/mol. The van der Waals surface area contributed by atoms with E-state index in [1.54, 1.807) is 0 Å². The quantitative estimate of drug-likeness (QED) is 0.682. The summed E-state index contributed by atoms with van der Waals surface area (Å²) in [5, 5.41) is 0. The highest BCUT2D eigenvalue weighted by Gasteiger charge is 2.23. The van der Waals surface area contributed by atoms with Crippen molar-refractivity contribution in [2.24, 2.45) is 11.7 Å². The second kappa shape index (κ2) is 7.02. The Balaban J connectivity index is 2.37. The molecule has 0 aromatic heterocycles. The van der Waals surface area contributed by atoms with Crippen molar-refractivity contribution < 1.29 is 0 Å². The fourth-order valence-corrected chi connectivity index (χ4v) is 2.55. The van der Waals surface area contributed by atoms with Crippen molar-refractivity contribution in [2.75, 3.05) is 19.6 Å². The fraction of sp³-hybridized carbons (Fsp3) is 0.846. The summed E-state index contributed by atoms with van der Waals surface area (Å²) in [6.45, 7) is 9.41. The van der Waals surface area contributed by atoms with Crippen LogP contribution in [0.25, 0.3) is 0 Å². The van der Waals surface area contributed by atoms with Gasteiger partial charge >= 0.3 is 0 Å². The lowest BCUT2D eigenvalue weighted by Gasteiger charge is -2.33. The van der Waals surface area contributed by atoms with Crippen molar-refractivity contribution in [3.05, 3.63) is 12.7 Å². The maximum absolute atomic E-state index is 6.17. The average molecular weight is 210 g/mol. The first-order chi connectivity index (χ1) is 7.27. The highest BCUT2D eigenvalue weighted by atomic mass is 15.1. The van der Waals surface area contributed by atoms with Crippen LogP contribution in [-0.4, -0.2) is 30.6 Å². The Morgan fingerprint density at radius 2 is 2.13 bits per heavy atom. The highest BCUT2D eigenvalue weighted by molar-refractivity contribution is 4.82. The van der Waals surface area contributed by atoms with E-state index in [-0.39, 0.29) is 0 Å². The second-order valence-corrected chi connectivity index (χ2v) is 4.76. The minimum atomic E-state index is 0.433. The Morgan fingerprint density at radius 3 is 2.73 bits per heavy atom. The molecule has 0 saturated heterocycles. The molecule has 2 nitrogen and oxygen atoms in total. The van der Waals surface area contributed by atoms with Crippen LogP contribution in [0, 0.1) is 5.92 Å². The molecular weight excluding hydrogens is 184 g/mol. The van der Waals surface area contributed by atoms with Gasteiger partial charge in [0.2, 0.25) is 0 Å². The highest BCUT2D eigenvalue weighted by Crippen LogP contribution is 2.23. The van der Waals surface area contributed by atoms with Gasteiger partial charge in [0.05, 0.1) is 0 Å². The van der Waals surface area contributed by atoms with E-state index in [0.29, 0.717) is 12.0 Å². The lowest BCUT2D eigenvalue weighted by Crippen LogP contribution is -2.41.